The fourth-order valence-corrected chi connectivity index (χ4v) is 1.42. The van der Waals surface area contributed by atoms with Crippen LogP contribution in [0.25, 0.3) is 0 Å². The normalized spacial score (nSPS) is 11.5. The lowest BCUT2D eigenvalue weighted by molar-refractivity contribution is -0.142. The van der Waals surface area contributed by atoms with Crippen LogP contribution in [0.15, 0.2) is 22.7 Å². The van der Waals surface area contributed by atoms with Crippen molar-refractivity contribution in [3.8, 4) is 0 Å². The molecule has 0 spiro atoms. The summed E-state index contributed by atoms with van der Waals surface area (Å²) >= 11 is 2.84. The Bertz CT molecular complexity index is 376. The van der Waals surface area contributed by atoms with Gasteiger partial charge in [0, 0.05) is 17.0 Å². The molecule has 1 nitrogen and oxygen atoms in total. The van der Waals surface area contributed by atoms with E-state index in [9.17, 15) is 18.0 Å². The van der Waals surface area contributed by atoms with E-state index in [0.29, 0.717) is 6.07 Å². The molecule has 0 aliphatic rings. The van der Waals surface area contributed by atoms with Crippen molar-refractivity contribution in [3.63, 3.8) is 0 Å². The van der Waals surface area contributed by atoms with Gasteiger partial charge in [-0.15, -0.1) is 0 Å². The average molecular weight is 267 g/mol. The van der Waals surface area contributed by atoms with E-state index >= 15 is 0 Å². The van der Waals surface area contributed by atoms with Gasteiger partial charge in [-0.2, -0.15) is 8.78 Å². The summed E-state index contributed by atoms with van der Waals surface area (Å²) in [5, 5.41) is 0. The highest BCUT2D eigenvalue weighted by Crippen LogP contribution is 2.34. The van der Waals surface area contributed by atoms with Crippen molar-refractivity contribution in [2.75, 3.05) is 0 Å². The van der Waals surface area contributed by atoms with Crippen LogP contribution in [-0.2, 0) is 10.7 Å². The van der Waals surface area contributed by atoms with Gasteiger partial charge in [0.2, 0.25) is 5.78 Å². The molecular weight excluding hydrogens is 261 g/mol. The van der Waals surface area contributed by atoms with Gasteiger partial charge in [0.1, 0.15) is 5.82 Å². The van der Waals surface area contributed by atoms with Crippen molar-refractivity contribution >= 4 is 21.7 Å². The van der Waals surface area contributed by atoms with Gasteiger partial charge in [-0.1, -0.05) is 15.9 Å². The number of ketones is 1. The summed E-state index contributed by atoms with van der Waals surface area (Å²) in [6, 6.07) is 2.82. The minimum atomic E-state index is -3.65. The molecular formula is C9H6BrF3O. The van der Waals surface area contributed by atoms with Crippen molar-refractivity contribution in [1.82, 2.24) is 0 Å². The maximum atomic E-state index is 13.2. The quantitative estimate of drug-likeness (QED) is 0.803. The molecule has 0 heterocycles. The maximum absolute atomic E-state index is 13.2. The van der Waals surface area contributed by atoms with Gasteiger partial charge in [-0.05, 0) is 18.2 Å². The Kier molecular flexibility index (Phi) is 2.99. The minimum absolute atomic E-state index is 0.0131. The first kappa shape index (κ1) is 11.2. The lowest BCUT2D eigenvalue weighted by Gasteiger charge is -2.14. The van der Waals surface area contributed by atoms with Crippen LogP contribution in [0.3, 0.4) is 0 Å². The molecule has 0 aliphatic heterocycles. The summed E-state index contributed by atoms with van der Waals surface area (Å²) in [4.78, 5) is 10.6. The number of alkyl halides is 2. The zero-order chi connectivity index (χ0) is 10.9. The van der Waals surface area contributed by atoms with Crippen LogP contribution in [0.5, 0.6) is 0 Å². The Morgan fingerprint density at radius 3 is 2.50 bits per heavy atom. The Morgan fingerprint density at radius 2 is 2.00 bits per heavy atom. The number of rotatable bonds is 2. The third-order valence-corrected chi connectivity index (χ3v) is 2.40. The highest BCUT2D eigenvalue weighted by molar-refractivity contribution is 9.10. The van der Waals surface area contributed by atoms with Crippen molar-refractivity contribution in [2.45, 2.75) is 12.8 Å². The van der Waals surface area contributed by atoms with Crippen molar-refractivity contribution in [1.29, 1.82) is 0 Å². The summed E-state index contributed by atoms with van der Waals surface area (Å²) in [5.74, 6) is -5.77. The Morgan fingerprint density at radius 1 is 1.43 bits per heavy atom. The zero-order valence-electron chi connectivity index (χ0n) is 7.15. The molecule has 76 valence electrons. The predicted octanol–water partition coefficient (Wildman–Crippen LogP) is 3.27. The third kappa shape index (κ3) is 1.97. The lowest BCUT2D eigenvalue weighted by Crippen LogP contribution is -2.23. The van der Waals surface area contributed by atoms with Gasteiger partial charge in [0.25, 0.3) is 0 Å². The molecule has 0 atom stereocenters. The second-order valence-corrected chi connectivity index (χ2v) is 3.61. The first-order valence-corrected chi connectivity index (χ1v) is 4.49. The zero-order valence-corrected chi connectivity index (χ0v) is 8.74. The average Bonchev–Trinajstić information content (AvgIpc) is 2.08. The molecule has 5 heteroatoms. The van der Waals surface area contributed by atoms with Crippen LogP contribution in [0.2, 0.25) is 0 Å². The van der Waals surface area contributed by atoms with Gasteiger partial charge in [0.05, 0.1) is 0 Å². The summed E-state index contributed by atoms with van der Waals surface area (Å²) in [7, 11) is 0. The SMILES string of the molecule is CC(=O)C(F)(F)c1cc(F)ccc1Br. The molecule has 1 aromatic carbocycles. The van der Waals surface area contributed by atoms with Crippen LogP contribution < -0.4 is 0 Å². The topological polar surface area (TPSA) is 17.1 Å². The summed E-state index contributed by atoms with van der Waals surface area (Å²) in [6.07, 6.45) is 0. The van der Waals surface area contributed by atoms with E-state index < -0.39 is 23.1 Å². The van der Waals surface area contributed by atoms with E-state index in [4.69, 9.17) is 0 Å². The van der Waals surface area contributed by atoms with E-state index in [-0.39, 0.29) is 4.47 Å². The maximum Gasteiger partial charge on any atom is 0.331 e. The van der Waals surface area contributed by atoms with Gasteiger partial charge >= 0.3 is 5.92 Å². The standard InChI is InChI=1S/C9H6BrF3O/c1-5(14)9(12,13)7-4-6(11)2-3-8(7)10/h2-4H,1H3. The van der Waals surface area contributed by atoms with Crippen LogP contribution in [-0.4, -0.2) is 5.78 Å². The van der Waals surface area contributed by atoms with E-state index in [0.717, 1.165) is 19.1 Å². The summed E-state index contributed by atoms with van der Waals surface area (Å²) in [5.41, 5.74) is -0.648. The molecule has 1 aromatic rings. The van der Waals surface area contributed by atoms with Gasteiger partial charge < -0.3 is 0 Å². The molecule has 0 saturated heterocycles. The predicted molar refractivity (Wildman–Crippen MR) is 48.7 cm³/mol. The fraction of sp³-hybridized carbons (Fsp3) is 0.222. The molecule has 14 heavy (non-hydrogen) atoms. The Labute approximate surface area is 87.1 Å². The van der Waals surface area contributed by atoms with Crippen molar-refractivity contribution < 1.29 is 18.0 Å². The Hall–Kier alpha value is -0.840. The second-order valence-electron chi connectivity index (χ2n) is 2.75. The monoisotopic (exact) mass is 266 g/mol. The second kappa shape index (κ2) is 3.73. The fourth-order valence-electron chi connectivity index (χ4n) is 0.928. The van der Waals surface area contributed by atoms with Gasteiger partial charge in [0.15, 0.2) is 0 Å². The summed E-state index contributed by atoms with van der Waals surface area (Å²) in [6.45, 7) is 0.761. The van der Waals surface area contributed by atoms with Crippen LogP contribution >= 0.6 is 15.9 Å². The minimum Gasteiger partial charge on any atom is -0.293 e. The van der Waals surface area contributed by atoms with Gasteiger partial charge in [-0.3, -0.25) is 4.79 Å². The highest BCUT2D eigenvalue weighted by Gasteiger charge is 2.39. The number of carbonyl (C=O) groups is 1. The van der Waals surface area contributed by atoms with Crippen LogP contribution in [0, 0.1) is 5.82 Å². The number of hydrogen-bond acceptors (Lipinski definition) is 1. The third-order valence-electron chi connectivity index (χ3n) is 1.71. The molecule has 0 amide bonds. The number of carbonyl (C=O) groups excluding carboxylic acids is 1. The number of halogens is 4. The smallest absolute Gasteiger partial charge is 0.293 e. The largest absolute Gasteiger partial charge is 0.331 e. The molecule has 0 radical (unpaired) electrons. The van der Waals surface area contributed by atoms with Crippen molar-refractivity contribution in [2.24, 2.45) is 0 Å². The van der Waals surface area contributed by atoms with E-state index in [1.807, 2.05) is 0 Å². The molecule has 0 N–H and O–H groups in total. The van der Waals surface area contributed by atoms with E-state index in [2.05, 4.69) is 15.9 Å². The number of Topliss-reactive ketones (excluding diaryl/α,β-unsaturated/α-hetero) is 1. The summed E-state index contributed by atoms with van der Waals surface area (Å²) < 4.78 is 39.0. The van der Waals surface area contributed by atoms with Crippen LogP contribution in [0.4, 0.5) is 13.2 Å². The molecule has 0 unspecified atom stereocenters. The number of benzene rings is 1. The van der Waals surface area contributed by atoms with Crippen LogP contribution in [0.1, 0.15) is 12.5 Å². The molecule has 0 saturated carbocycles. The first-order chi connectivity index (χ1) is 6.35. The highest BCUT2D eigenvalue weighted by atomic mass is 79.9. The first-order valence-electron chi connectivity index (χ1n) is 3.70. The molecule has 0 bridgehead atoms. The molecule has 0 aromatic heterocycles. The molecule has 1 rings (SSSR count). The van der Waals surface area contributed by atoms with E-state index in [1.165, 1.54) is 0 Å². The van der Waals surface area contributed by atoms with E-state index in [1.54, 1.807) is 0 Å². The Balaban J connectivity index is 3.31. The van der Waals surface area contributed by atoms with Crippen molar-refractivity contribution in [3.05, 3.63) is 34.1 Å². The molecule has 0 aliphatic carbocycles. The van der Waals surface area contributed by atoms with Gasteiger partial charge in [-0.25, -0.2) is 4.39 Å². The lowest BCUT2D eigenvalue weighted by atomic mass is 10.1. The number of hydrogen-bond donors (Lipinski definition) is 0. The molecule has 0 fully saturated rings.